The Hall–Kier alpha value is -3.60. The van der Waals surface area contributed by atoms with Crippen LogP contribution >= 0.6 is 0 Å². The highest BCUT2D eigenvalue weighted by atomic mass is 32.2. The summed E-state index contributed by atoms with van der Waals surface area (Å²) in [5, 5.41) is 2.44. The van der Waals surface area contributed by atoms with Gasteiger partial charge in [0.2, 0.25) is 0 Å². The Kier molecular flexibility index (Phi) is 6.10. The van der Waals surface area contributed by atoms with Crippen molar-refractivity contribution in [2.24, 2.45) is 0 Å². The Morgan fingerprint density at radius 2 is 2.09 bits per heavy atom. The first kappa shape index (κ1) is 23.2. The molecule has 0 saturated carbocycles. The summed E-state index contributed by atoms with van der Waals surface area (Å²) in [7, 11) is 1.49. The minimum atomic E-state index is -2.38. The molecule has 0 saturated heterocycles. The lowest BCUT2D eigenvalue weighted by Gasteiger charge is -2.31. The van der Waals surface area contributed by atoms with Crippen molar-refractivity contribution in [2.45, 2.75) is 19.8 Å². The molecule has 0 radical (unpaired) electrons. The SMILES string of the molecule is Cc1c(Cc2cccc3c2CCN3N(C)S(=O)[O-])c(=O)oc2cc(Oc3ncccc3F)ccc12. The van der Waals surface area contributed by atoms with Gasteiger partial charge >= 0.3 is 5.63 Å². The molecule has 0 fully saturated rings. The number of pyridine rings is 1. The van der Waals surface area contributed by atoms with E-state index in [-0.39, 0.29) is 5.88 Å². The Bertz CT molecular complexity index is 1520. The second-order valence-corrected chi connectivity index (χ2v) is 9.15. The number of ether oxygens (including phenoxy) is 1. The van der Waals surface area contributed by atoms with Gasteiger partial charge in [0.25, 0.3) is 5.88 Å². The van der Waals surface area contributed by atoms with Crippen LogP contribution in [0.15, 0.2) is 63.9 Å². The van der Waals surface area contributed by atoms with Gasteiger partial charge < -0.3 is 13.7 Å². The molecule has 4 aromatic rings. The third-order valence-corrected chi connectivity index (χ3v) is 6.85. The fraction of sp³-hybridized carbons (Fsp3) is 0.200. The molecule has 2 aromatic carbocycles. The summed E-state index contributed by atoms with van der Waals surface area (Å²) in [5.41, 5.74) is 3.91. The first-order chi connectivity index (χ1) is 16.8. The number of fused-ring (bicyclic) bond motifs is 2. The van der Waals surface area contributed by atoms with E-state index in [1.807, 2.05) is 25.1 Å². The lowest BCUT2D eigenvalue weighted by Crippen LogP contribution is -2.39. The molecule has 5 rings (SSSR count). The zero-order valence-corrected chi connectivity index (χ0v) is 19.8. The summed E-state index contributed by atoms with van der Waals surface area (Å²) in [5.74, 6) is -0.463. The average molecular weight is 495 g/mol. The third kappa shape index (κ3) is 4.31. The molecule has 3 heterocycles. The zero-order chi connectivity index (χ0) is 24.7. The molecule has 2 aromatic heterocycles. The molecule has 8 nitrogen and oxygen atoms in total. The largest absolute Gasteiger partial charge is 0.758 e. The van der Waals surface area contributed by atoms with Crippen LogP contribution in [-0.2, 0) is 24.1 Å². The van der Waals surface area contributed by atoms with Gasteiger partial charge in [-0.3, -0.25) is 9.22 Å². The van der Waals surface area contributed by atoms with Crippen LogP contribution in [0.3, 0.4) is 0 Å². The molecule has 1 unspecified atom stereocenters. The molecular weight excluding hydrogens is 473 g/mol. The van der Waals surface area contributed by atoms with Crippen LogP contribution in [0.4, 0.5) is 10.1 Å². The van der Waals surface area contributed by atoms with E-state index in [1.165, 1.54) is 29.8 Å². The van der Waals surface area contributed by atoms with E-state index >= 15 is 0 Å². The van der Waals surface area contributed by atoms with Gasteiger partial charge in [0, 0.05) is 54.5 Å². The number of anilines is 1. The Morgan fingerprint density at radius 1 is 1.26 bits per heavy atom. The number of halogens is 1. The van der Waals surface area contributed by atoms with Crippen molar-refractivity contribution in [3.8, 4) is 11.6 Å². The Morgan fingerprint density at radius 3 is 2.86 bits per heavy atom. The van der Waals surface area contributed by atoms with E-state index in [2.05, 4.69) is 4.98 Å². The summed E-state index contributed by atoms with van der Waals surface area (Å²) in [6.45, 7) is 2.39. The fourth-order valence-corrected chi connectivity index (χ4v) is 4.75. The summed E-state index contributed by atoms with van der Waals surface area (Å²) in [6, 6.07) is 13.4. The lowest BCUT2D eigenvalue weighted by molar-refractivity contribution is 0.417. The quantitative estimate of drug-likeness (QED) is 0.295. The van der Waals surface area contributed by atoms with Crippen molar-refractivity contribution in [1.29, 1.82) is 0 Å². The summed E-state index contributed by atoms with van der Waals surface area (Å²) in [6.07, 6.45) is 2.44. The number of rotatable bonds is 6. The standard InChI is InChI=1S/C25H22FN3O5S/c1-15-18-9-8-17(33-24-21(26)6-4-11-27-24)14-23(18)34-25(30)20(15)13-16-5-3-7-22-19(16)10-12-29(22)28(2)35(31)32/h3-9,11,14H,10,12-13H2,1-2H3,(H,31,32)/p-1. The van der Waals surface area contributed by atoms with Crippen molar-refractivity contribution in [1.82, 2.24) is 9.40 Å². The third-order valence-electron chi connectivity index (χ3n) is 6.22. The van der Waals surface area contributed by atoms with Crippen molar-refractivity contribution in [3.05, 3.63) is 93.2 Å². The number of benzene rings is 2. The first-order valence-corrected chi connectivity index (χ1v) is 11.9. The van der Waals surface area contributed by atoms with E-state index < -0.39 is 22.7 Å². The van der Waals surface area contributed by atoms with Gasteiger partial charge in [-0.15, -0.1) is 0 Å². The molecule has 0 spiro atoms. The molecule has 0 aliphatic carbocycles. The lowest BCUT2D eigenvalue weighted by atomic mass is 9.95. The van der Waals surface area contributed by atoms with Crippen LogP contribution in [0.25, 0.3) is 11.0 Å². The van der Waals surface area contributed by atoms with Crippen molar-refractivity contribution in [2.75, 3.05) is 18.6 Å². The number of aryl methyl sites for hydroxylation is 1. The van der Waals surface area contributed by atoms with Gasteiger partial charge in [-0.1, -0.05) is 12.1 Å². The first-order valence-electron chi connectivity index (χ1n) is 10.9. The number of hydrogen-bond donors (Lipinski definition) is 0. The van der Waals surface area contributed by atoms with E-state index in [9.17, 15) is 17.9 Å². The summed E-state index contributed by atoms with van der Waals surface area (Å²) < 4.78 is 49.0. The van der Waals surface area contributed by atoms with Crippen LogP contribution in [0.1, 0.15) is 22.3 Å². The van der Waals surface area contributed by atoms with Gasteiger partial charge in [0.15, 0.2) is 5.82 Å². The molecule has 0 bridgehead atoms. The van der Waals surface area contributed by atoms with E-state index in [0.29, 0.717) is 36.3 Å². The van der Waals surface area contributed by atoms with Crippen LogP contribution in [0.5, 0.6) is 11.6 Å². The fourth-order valence-electron chi connectivity index (χ4n) is 4.42. The normalized spacial score (nSPS) is 13.9. The number of hydrogen-bond acceptors (Lipinski definition) is 7. The summed E-state index contributed by atoms with van der Waals surface area (Å²) >= 11 is -2.38. The summed E-state index contributed by atoms with van der Waals surface area (Å²) in [4.78, 5) is 16.8. The van der Waals surface area contributed by atoms with E-state index in [0.717, 1.165) is 27.8 Å². The maximum absolute atomic E-state index is 13.9. The van der Waals surface area contributed by atoms with Gasteiger partial charge in [-0.05, 0) is 60.4 Å². The van der Waals surface area contributed by atoms with Crippen molar-refractivity contribution >= 4 is 27.9 Å². The highest BCUT2D eigenvalue weighted by Crippen LogP contribution is 2.34. The molecule has 35 heavy (non-hydrogen) atoms. The van der Waals surface area contributed by atoms with Crippen LogP contribution in [0, 0.1) is 12.7 Å². The predicted octanol–water partition coefficient (Wildman–Crippen LogP) is 4.02. The molecule has 10 heteroatoms. The minimum Gasteiger partial charge on any atom is -0.758 e. The molecule has 0 amide bonds. The van der Waals surface area contributed by atoms with Crippen LogP contribution in [-0.4, -0.2) is 31.8 Å². The molecule has 0 N–H and O–H groups in total. The predicted molar refractivity (Wildman–Crippen MR) is 128 cm³/mol. The van der Waals surface area contributed by atoms with Crippen LogP contribution in [0.2, 0.25) is 0 Å². The molecule has 1 aliphatic rings. The second-order valence-electron chi connectivity index (χ2n) is 8.19. The molecule has 1 aliphatic heterocycles. The maximum atomic E-state index is 13.9. The zero-order valence-electron chi connectivity index (χ0n) is 19.0. The Labute approximate surface area is 203 Å². The number of aromatic nitrogens is 1. The molecular formula is C25H21FN3O5S-. The van der Waals surface area contributed by atoms with Crippen LogP contribution < -0.4 is 15.4 Å². The number of nitrogens with zero attached hydrogens (tertiary/aromatic N) is 3. The highest BCUT2D eigenvalue weighted by Gasteiger charge is 2.26. The van der Waals surface area contributed by atoms with E-state index in [1.54, 1.807) is 23.2 Å². The highest BCUT2D eigenvalue weighted by molar-refractivity contribution is 7.76. The van der Waals surface area contributed by atoms with Gasteiger partial charge in [0.05, 0.1) is 5.69 Å². The maximum Gasteiger partial charge on any atom is 0.340 e. The minimum absolute atomic E-state index is 0.166. The second kappa shape index (κ2) is 9.21. The van der Waals surface area contributed by atoms with Crippen molar-refractivity contribution < 1.29 is 22.3 Å². The van der Waals surface area contributed by atoms with Gasteiger partial charge in [-0.25, -0.2) is 14.2 Å². The monoisotopic (exact) mass is 494 g/mol. The average Bonchev–Trinajstić information content (AvgIpc) is 3.27. The smallest absolute Gasteiger partial charge is 0.340 e. The molecule has 180 valence electrons. The number of hydrazine groups is 1. The van der Waals surface area contributed by atoms with Gasteiger partial charge in [0.1, 0.15) is 11.3 Å². The van der Waals surface area contributed by atoms with E-state index in [4.69, 9.17) is 9.15 Å². The molecule has 1 atom stereocenters. The van der Waals surface area contributed by atoms with Gasteiger partial charge in [-0.2, -0.15) is 4.41 Å². The topological polar surface area (TPSA) is 98.9 Å². The Balaban J connectivity index is 1.48. The van der Waals surface area contributed by atoms with Crippen molar-refractivity contribution in [3.63, 3.8) is 0 Å².